The molecular formula is C22H24N2O5. The fourth-order valence-electron chi connectivity index (χ4n) is 3.23. The summed E-state index contributed by atoms with van der Waals surface area (Å²) in [4.78, 5) is 38.8. The second-order valence-corrected chi connectivity index (χ2v) is 6.74. The van der Waals surface area contributed by atoms with Crippen molar-refractivity contribution in [2.75, 3.05) is 20.8 Å². The molecule has 0 aliphatic carbocycles. The van der Waals surface area contributed by atoms with E-state index in [1.807, 2.05) is 13.0 Å². The Hall–Kier alpha value is -3.35. The van der Waals surface area contributed by atoms with Crippen LogP contribution in [0.2, 0.25) is 0 Å². The van der Waals surface area contributed by atoms with Gasteiger partial charge in [-0.3, -0.25) is 19.3 Å². The van der Waals surface area contributed by atoms with Gasteiger partial charge in [-0.05, 0) is 36.8 Å². The van der Waals surface area contributed by atoms with Crippen LogP contribution in [0.4, 0.5) is 0 Å². The number of hydrogen-bond donors (Lipinski definition) is 1. The molecule has 152 valence electrons. The summed E-state index contributed by atoms with van der Waals surface area (Å²) in [6, 6.07) is 9.94. The molecule has 0 radical (unpaired) electrons. The van der Waals surface area contributed by atoms with Gasteiger partial charge in [-0.15, -0.1) is 0 Å². The minimum absolute atomic E-state index is 0.249. The van der Waals surface area contributed by atoms with E-state index in [2.05, 4.69) is 5.32 Å². The average molecular weight is 396 g/mol. The number of carbonyl (C=O) groups excluding carboxylic acids is 3. The van der Waals surface area contributed by atoms with Crippen LogP contribution in [0.1, 0.15) is 56.4 Å². The second-order valence-electron chi connectivity index (χ2n) is 6.74. The highest BCUT2D eigenvalue weighted by atomic mass is 16.5. The highest BCUT2D eigenvalue weighted by molar-refractivity contribution is 6.22. The van der Waals surface area contributed by atoms with Crippen molar-refractivity contribution in [2.45, 2.75) is 26.3 Å². The molecule has 2 aromatic carbocycles. The summed E-state index contributed by atoms with van der Waals surface area (Å²) in [6.07, 6.45) is 1.64. The lowest BCUT2D eigenvalue weighted by Crippen LogP contribution is -2.30. The van der Waals surface area contributed by atoms with Gasteiger partial charge in [0.05, 0.1) is 25.3 Å². The van der Waals surface area contributed by atoms with E-state index in [1.165, 1.54) is 11.0 Å². The molecule has 0 atom stereocenters. The molecule has 3 rings (SSSR count). The number of nitrogens with zero attached hydrogens (tertiary/aromatic N) is 1. The number of hydrogen-bond acceptors (Lipinski definition) is 5. The number of carbonyl (C=O) groups is 3. The molecule has 7 nitrogen and oxygen atoms in total. The molecule has 29 heavy (non-hydrogen) atoms. The zero-order valence-corrected chi connectivity index (χ0v) is 16.8. The topological polar surface area (TPSA) is 84.9 Å². The van der Waals surface area contributed by atoms with E-state index >= 15 is 0 Å². The first-order valence-corrected chi connectivity index (χ1v) is 9.49. The SMILES string of the molecule is CCCCN1C(=O)c2ccc(C(=O)NCc3ccc(OC)cc3OC)cc2C1=O. The van der Waals surface area contributed by atoms with Crippen molar-refractivity contribution in [3.05, 3.63) is 58.7 Å². The van der Waals surface area contributed by atoms with Gasteiger partial charge < -0.3 is 14.8 Å². The predicted octanol–water partition coefficient (Wildman–Crippen LogP) is 3.03. The highest BCUT2D eigenvalue weighted by Gasteiger charge is 2.35. The minimum atomic E-state index is -0.343. The number of amides is 3. The number of ether oxygens (including phenoxy) is 2. The quantitative estimate of drug-likeness (QED) is 0.694. The monoisotopic (exact) mass is 396 g/mol. The van der Waals surface area contributed by atoms with Gasteiger partial charge in [0.15, 0.2) is 0 Å². The van der Waals surface area contributed by atoms with E-state index in [4.69, 9.17) is 9.47 Å². The number of imide groups is 1. The predicted molar refractivity (Wildman–Crippen MR) is 107 cm³/mol. The molecule has 0 saturated carbocycles. The normalized spacial score (nSPS) is 12.7. The Labute approximate surface area is 169 Å². The molecule has 1 aliphatic heterocycles. The summed E-state index contributed by atoms with van der Waals surface area (Å²) in [5.41, 5.74) is 1.75. The lowest BCUT2D eigenvalue weighted by Gasteiger charge is -2.12. The van der Waals surface area contributed by atoms with Crippen LogP contribution in [0, 0.1) is 0 Å². The molecule has 2 aromatic rings. The first-order valence-electron chi connectivity index (χ1n) is 9.49. The van der Waals surface area contributed by atoms with Gasteiger partial charge >= 0.3 is 0 Å². The standard InChI is InChI=1S/C22H24N2O5/c1-4-5-10-24-21(26)17-9-7-14(11-18(17)22(24)27)20(25)23-13-15-6-8-16(28-2)12-19(15)29-3/h6-9,11-12H,4-5,10,13H2,1-3H3,(H,23,25). The Kier molecular flexibility index (Phi) is 6.16. The van der Waals surface area contributed by atoms with Gasteiger partial charge in [0, 0.05) is 30.3 Å². The van der Waals surface area contributed by atoms with Crippen LogP contribution in [-0.4, -0.2) is 43.4 Å². The van der Waals surface area contributed by atoms with E-state index in [0.29, 0.717) is 29.2 Å². The van der Waals surface area contributed by atoms with Crippen LogP contribution in [0.3, 0.4) is 0 Å². The molecular weight excluding hydrogens is 372 g/mol. The van der Waals surface area contributed by atoms with Crippen molar-refractivity contribution >= 4 is 17.7 Å². The van der Waals surface area contributed by atoms with Crippen LogP contribution in [0.5, 0.6) is 11.5 Å². The van der Waals surface area contributed by atoms with E-state index in [0.717, 1.165) is 18.4 Å². The maximum absolute atomic E-state index is 12.6. The Morgan fingerprint density at radius 2 is 1.76 bits per heavy atom. The average Bonchev–Trinajstić information content (AvgIpc) is 2.99. The molecule has 0 fully saturated rings. The number of methoxy groups -OCH3 is 2. The Morgan fingerprint density at radius 3 is 2.45 bits per heavy atom. The van der Waals surface area contributed by atoms with Crippen molar-refractivity contribution in [1.29, 1.82) is 0 Å². The molecule has 1 heterocycles. The van der Waals surface area contributed by atoms with Crippen LogP contribution in [0.25, 0.3) is 0 Å². The largest absolute Gasteiger partial charge is 0.497 e. The first kappa shape index (κ1) is 20.4. The zero-order chi connectivity index (χ0) is 21.0. The van der Waals surface area contributed by atoms with Gasteiger partial charge in [0.2, 0.25) is 0 Å². The molecule has 0 spiro atoms. The Morgan fingerprint density at radius 1 is 1.00 bits per heavy atom. The molecule has 0 aromatic heterocycles. The third-order valence-electron chi connectivity index (χ3n) is 4.90. The van der Waals surface area contributed by atoms with E-state index in [1.54, 1.807) is 38.5 Å². The van der Waals surface area contributed by atoms with Crippen LogP contribution >= 0.6 is 0 Å². The van der Waals surface area contributed by atoms with Gasteiger partial charge in [-0.2, -0.15) is 0 Å². The Bertz CT molecular complexity index is 954. The number of unbranched alkanes of at least 4 members (excludes halogenated alkanes) is 1. The molecule has 1 N–H and O–H groups in total. The molecule has 0 bridgehead atoms. The fraction of sp³-hybridized carbons (Fsp3) is 0.318. The molecule has 7 heteroatoms. The third kappa shape index (κ3) is 4.08. The zero-order valence-electron chi connectivity index (χ0n) is 16.8. The van der Waals surface area contributed by atoms with Gasteiger partial charge in [-0.25, -0.2) is 0 Å². The van der Waals surface area contributed by atoms with Gasteiger partial charge in [-0.1, -0.05) is 13.3 Å². The van der Waals surface area contributed by atoms with Crippen molar-refractivity contribution in [2.24, 2.45) is 0 Å². The summed E-state index contributed by atoms with van der Waals surface area (Å²) in [5, 5.41) is 2.82. The summed E-state index contributed by atoms with van der Waals surface area (Å²) in [6.45, 7) is 2.64. The van der Waals surface area contributed by atoms with Crippen LogP contribution < -0.4 is 14.8 Å². The summed E-state index contributed by atoms with van der Waals surface area (Å²) < 4.78 is 10.5. The number of fused-ring (bicyclic) bond motifs is 1. The molecule has 0 saturated heterocycles. The fourth-order valence-corrected chi connectivity index (χ4v) is 3.23. The number of benzene rings is 2. The highest BCUT2D eigenvalue weighted by Crippen LogP contribution is 2.26. The molecule has 0 unspecified atom stereocenters. The summed E-state index contributed by atoms with van der Waals surface area (Å²) >= 11 is 0. The van der Waals surface area contributed by atoms with Crippen molar-refractivity contribution in [1.82, 2.24) is 10.2 Å². The smallest absolute Gasteiger partial charge is 0.261 e. The lowest BCUT2D eigenvalue weighted by molar-refractivity contribution is 0.0652. The second kappa shape index (κ2) is 8.77. The third-order valence-corrected chi connectivity index (χ3v) is 4.90. The molecule has 1 aliphatic rings. The van der Waals surface area contributed by atoms with Crippen LogP contribution in [0.15, 0.2) is 36.4 Å². The lowest BCUT2D eigenvalue weighted by atomic mass is 10.1. The van der Waals surface area contributed by atoms with Crippen LogP contribution in [-0.2, 0) is 6.54 Å². The van der Waals surface area contributed by atoms with Gasteiger partial charge in [0.1, 0.15) is 11.5 Å². The maximum Gasteiger partial charge on any atom is 0.261 e. The van der Waals surface area contributed by atoms with E-state index in [-0.39, 0.29) is 29.8 Å². The number of rotatable bonds is 8. The van der Waals surface area contributed by atoms with Crippen molar-refractivity contribution in [3.63, 3.8) is 0 Å². The van der Waals surface area contributed by atoms with Crippen molar-refractivity contribution < 1.29 is 23.9 Å². The summed E-state index contributed by atoms with van der Waals surface area (Å²) in [5.74, 6) is 0.286. The summed E-state index contributed by atoms with van der Waals surface area (Å²) in [7, 11) is 3.12. The van der Waals surface area contributed by atoms with Crippen molar-refractivity contribution in [3.8, 4) is 11.5 Å². The maximum atomic E-state index is 12.6. The minimum Gasteiger partial charge on any atom is -0.497 e. The molecule has 3 amide bonds. The van der Waals surface area contributed by atoms with E-state index < -0.39 is 0 Å². The number of nitrogens with one attached hydrogen (secondary N) is 1. The first-order chi connectivity index (χ1) is 14.0. The Balaban J connectivity index is 1.73. The van der Waals surface area contributed by atoms with E-state index in [9.17, 15) is 14.4 Å². The van der Waals surface area contributed by atoms with Gasteiger partial charge in [0.25, 0.3) is 17.7 Å².